The largest absolute Gasteiger partial charge is 0.514 e. The molecule has 3 N–H and O–H groups in total. The van der Waals surface area contributed by atoms with E-state index < -0.39 is 21.2 Å². The summed E-state index contributed by atoms with van der Waals surface area (Å²) in [6, 6.07) is 1.90. The first-order chi connectivity index (χ1) is 17.6. The van der Waals surface area contributed by atoms with Crippen LogP contribution in [0.15, 0.2) is 41.4 Å². The Labute approximate surface area is 230 Å². The summed E-state index contributed by atoms with van der Waals surface area (Å²) in [6.07, 6.45) is 3.23. The van der Waals surface area contributed by atoms with Crippen molar-refractivity contribution in [1.82, 2.24) is 14.9 Å². The van der Waals surface area contributed by atoms with Crippen molar-refractivity contribution in [3.8, 4) is 0 Å². The van der Waals surface area contributed by atoms with Crippen LogP contribution in [0.25, 0.3) is 0 Å². The van der Waals surface area contributed by atoms with Crippen LogP contribution < -0.4 is 10.6 Å². The molecule has 1 unspecified atom stereocenters. The summed E-state index contributed by atoms with van der Waals surface area (Å²) in [6.45, 7) is 20.4. The molecule has 0 aliphatic carbocycles. The van der Waals surface area contributed by atoms with E-state index >= 15 is 0 Å². The van der Waals surface area contributed by atoms with Crippen molar-refractivity contribution in [1.29, 1.82) is 0 Å². The fourth-order valence-corrected chi connectivity index (χ4v) is 5.46. The molecule has 0 amide bonds. The third-order valence-electron chi connectivity index (χ3n) is 4.09. The van der Waals surface area contributed by atoms with E-state index in [4.69, 9.17) is 4.42 Å². The molecule has 37 heavy (non-hydrogen) atoms. The lowest BCUT2D eigenvalue weighted by Crippen LogP contribution is -2.35. The molecular formula is C24H45N5O5S3. The van der Waals surface area contributed by atoms with Crippen molar-refractivity contribution in [2.75, 3.05) is 13.1 Å². The molecule has 0 fully saturated rings. The van der Waals surface area contributed by atoms with Crippen molar-refractivity contribution in [2.45, 2.75) is 82.2 Å². The summed E-state index contributed by atoms with van der Waals surface area (Å²) in [4.78, 5) is 0. The van der Waals surface area contributed by atoms with E-state index in [1.54, 1.807) is 13.8 Å². The Balaban J connectivity index is 0. The van der Waals surface area contributed by atoms with Crippen molar-refractivity contribution in [3.05, 3.63) is 45.3 Å². The second kappa shape index (κ2) is 20.9. The van der Waals surface area contributed by atoms with Crippen LogP contribution in [0, 0.1) is 13.8 Å². The average Bonchev–Trinajstić information content (AvgIpc) is 3.40. The topological polar surface area (TPSA) is 137 Å². The van der Waals surface area contributed by atoms with Crippen LogP contribution in [0.5, 0.6) is 0 Å². The Bertz CT molecular complexity index is 1010. The lowest BCUT2D eigenvalue weighted by Gasteiger charge is -2.18. The monoisotopic (exact) mass is 579 g/mol. The maximum atomic E-state index is 12.4. The van der Waals surface area contributed by atoms with Crippen LogP contribution in [-0.4, -0.2) is 46.8 Å². The fraction of sp³-hybridized carbons (Fsp3) is 0.583. The lowest BCUT2D eigenvalue weighted by molar-refractivity contribution is 0.446. The Morgan fingerprint density at radius 1 is 1.11 bits per heavy atom. The van der Waals surface area contributed by atoms with Crippen molar-refractivity contribution >= 4 is 44.6 Å². The van der Waals surface area contributed by atoms with Gasteiger partial charge in [0.2, 0.25) is 0 Å². The fourth-order valence-electron chi connectivity index (χ4n) is 2.44. The zero-order valence-corrected chi connectivity index (χ0v) is 26.2. The molecule has 2 heterocycles. The third-order valence-corrected chi connectivity index (χ3v) is 8.11. The van der Waals surface area contributed by atoms with Crippen molar-refractivity contribution in [3.63, 3.8) is 0 Å². The maximum Gasteiger partial charge on any atom is 0.269 e. The molecular weight excluding hydrogens is 534 g/mol. The molecule has 0 aromatic carbocycles. The standard InChI is InChI=1S/C17H25N5O5S3.C3H8.2C2H6/c1-5-22(6-2)30(25,26)15(11-23)28-8-7-18-16-17(21-29(24)20-16)19-10-14-9-12(3)13(4)27-14;1-3-2;2*1-2/h7-9,11,23H,5-6,10H2,1-4H3,(H,18,20)(H,19,21);3H2,1-2H3;2*1-2H3/b8-7+,15-11-;;;. The van der Waals surface area contributed by atoms with E-state index in [1.807, 2.05) is 47.6 Å². The smallest absolute Gasteiger partial charge is 0.269 e. The van der Waals surface area contributed by atoms with Crippen LogP contribution in [-0.2, 0) is 27.7 Å². The number of nitrogens with zero attached hydrogens (tertiary/aromatic N) is 3. The quantitative estimate of drug-likeness (QED) is 0.319. The van der Waals surface area contributed by atoms with E-state index in [0.29, 0.717) is 37.5 Å². The number of aliphatic hydroxyl groups is 1. The molecule has 2 rings (SSSR count). The summed E-state index contributed by atoms with van der Waals surface area (Å²) in [5.41, 5.74) is 1.03. The Kier molecular flexibility index (Phi) is 20.9. The number of aliphatic hydroxyl groups excluding tert-OH is 1. The van der Waals surface area contributed by atoms with E-state index in [-0.39, 0.29) is 10.1 Å². The summed E-state index contributed by atoms with van der Waals surface area (Å²) >= 11 is -0.933. The molecule has 0 saturated carbocycles. The van der Waals surface area contributed by atoms with E-state index in [1.165, 1.54) is 22.3 Å². The highest BCUT2D eigenvalue weighted by molar-refractivity contribution is 8.19. The predicted octanol–water partition coefficient (Wildman–Crippen LogP) is 5.67. The molecule has 1 aliphatic heterocycles. The highest BCUT2D eigenvalue weighted by Crippen LogP contribution is 2.25. The number of nitrogens with one attached hydrogen (secondary N) is 2. The summed E-state index contributed by atoms with van der Waals surface area (Å²) in [5, 5.41) is 16.6. The average molecular weight is 580 g/mol. The minimum Gasteiger partial charge on any atom is -0.514 e. The SMILES string of the molecule is CC.CC.CCC.CCN(CC)S(=O)(=O)/C(=C\O)S/C=C/NC1=NS(=O)N=C1NCc1cc(C)c(C)o1. The van der Waals surface area contributed by atoms with Gasteiger partial charge in [-0.3, -0.25) is 0 Å². The van der Waals surface area contributed by atoms with Crippen LogP contribution >= 0.6 is 11.8 Å². The van der Waals surface area contributed by atoms with Crippen LogP contribution in [0.1, 0.15) is 78.9 Å². The number of rotatable bonds is 9. The predicted molar refractivity (Wildman–Crippen MR) is 159 cm³/mol. The van der Waals surface area contributed by atoms with E-state index in [0.717, 1.165) is 23.1 Å². The van der Waals surface area contributed by atoms with Gasteiger partial charge in [-0.25, -0.2) is 12.6 Å². The first-order valence-corrected chi connectivity index (χ1v) is 15.8. The van der Waals surface area contributed by atoms with Gasteiger partial charge in [-0.15, -0.1) is 8.80 Å². The molecule has 1 aliphatic rings. The van der Waals surface area contributed by atoms with Crippen LogP contribution in [0.3, 0.4) is 0 Å². The zero-order chi connectivity index (χ0) is 29.0. The van der Waals surface area contributed by atoms with Gasteiger partial charge >= 0.3 is 0 Å². The maximum absolute atomic E-state index is 12.4. The van der Waals surface area contributed by atoms with Gasteiger partial charge in [0.05, 0.1) is 6.54 Å². The van der Waals surface area contributed by atoms with E-state index in [9.17, 15) is 17.7 Å². The highest BCUT2D eigenvalue weighted by atomic mass is 32.3. The lowest BCUT2D eigenvalue weighted by atomic mass is 10.3. The van der Waals surface area contributed by atoms with Crippen LogP contribution in [0.2, 0.25) is 0 Å². The van der Waals surface area contributed by atoms with Gasteiger partial charge in [0.1, 0.15) is 17.8 Å². The van der Waals surface area contributed by atoms with Crippen molar-refractivity contribution in [2.24, 2.45) is 8.80 Å². The second-order valence-corrected chi connectivity index (χ2v) is 10.7. The van der Waals surface area contributed by atoms with Crippen LogP contribution in [0.4, 0.5) is 0 Å². The minimum atomic E-state index is -3.77. The van der Waals surface area contributed by atoms with Gasteiger partial charge in [-0.2, -0.15) is 4.31 Å². The summed E-state index contributed by atoms with van der Waals surface area (Å²) < 4.78 is 50.9. The number of thioether (sulfide) groups is 1. The number of furan rings is 1. The molecule has 0 radical (unpaired) electrons. The van der Waals surface area contributed by atoms with Gasteiger partial charge in [0, 0.05) is 19.3 Å². The number of aryl methyl sites for hydroxylation is 2. The molecule has 0 saturated heterocycles. The Morgan fingerprint density at radius 3 is 2.11 bits per heavy atom. The van der Waals surface area contributed by atoms with Gasteiger partial charge in [0.25, 0.3) is 21.2 Å². The van der Waals surface area contributed by atoms with Gasteiger partial charge in [0.15, 0.2) is 15.9 Å². The van der Waals surface area contributed by atoms with Gasteiger partial charge in [-0.05, 0) is 30.9 Å². The first kappa shape index (κ1) is 37.1. The normalized spacial score (nSPS) is 15.0. The molecule has 10 nitrogen and oxygen atoms in total. The number of sulfonamides is 1. The molecule has 1 aromatic heterocycles. The van der Waals surface area contributed by atoms with Crippen molar-refractivity contribution < 1.29 is 22.2 Å². The van der Waals surface area contributed by atoms with Gasteiger partial charge in [-0.1, -0.05) is 73.6 Å². The second-order valence-electron chi connectivity index (χ2n) is 6.73. The molecule has 214 valence electrons. The Hall–Kier alpha value is -2.09. The molecule has 1 aromatic rings. The zero-order valence-electron chi connectivity index (χ0n) is 23.8. The third kappa shape index (κ3) is 12.8. The Morgan fingerprint density at radius 2 is 1.65 bits per heavy atom. The molecule has 13 heteroatoms. The van der Waals surface area contributed by atoms with E-state index in [2.05, 4.69) is 33.3 Å². The summed E-state index contributed by atoms with van der Waals surface area (Å²) in [7, 11) is -3.77. The molecule has 1 atom stereocenters. The molecule has 0 spiro atoms. The number of amidine groups is 2. The minimum absolute atomic E-state index is 0.211. The first-order valence-electron chi connectivity index (χ1n) is 12.5. The van der Waals surface area contributed by atoms with Gasteiger partial charge < -0.3 is 20.2 Å². The molecule has 0 bridgehead atoms. The summed E-state index contributed by atoms with van der Waals surface area (Å²) in [5.74, 6) is 2.06. The number of hydrogen-bond acceptors (Lipinski definition) is 8. The number of hydrogen-bond donors (Lipinski definition) is 3. The highest BCUT2D eigenvalue weighted by Gasteiger charge is 2.24.